The van der Waals surface area contributed by atoms with Gasteiger partial charge in [0.15, 0.2) is 0 Å². The summed E-state index contributed by atoms with van der Waals surface area (Å²) in [5.74, 6) is 1.92. The molecule has 0 unspecified atom stereocenters. The van der Waals surface area contributed by atoms with Crippen LogP contribution in [-0.4, -0.2) is 51.7 Å². The number of nitro benzene ring substituents is 1. The van der Waals surface area contributed by atoms with Crippen molar-refractivity contribution in [1.29, 1.82) is 5.26 Å². The summed E-state index contributed by atoms with van der Waals surface area (Å²) >= 11 is 0. The molecule has 1 aliphatic rings. The lowest BCUT2D eigenvalue weighted by molar-refractivity contribution is -0.384. The van der Waals surface area contributed by atoms with Gasteiger partial charge in [-0.15, -0.1) is 0 Å². The van der Waals surface area contributed by atoms with Crippen molar-refractivity contribution in [3.05, 3.63) is 88.0 Å². The molecule has 1 aliphatic heterocycles. The average Bonchev–Trinajstić information content (AvgIpc) is 3.38. The smallest absolute Gasteiger partial charge is 0.270 e. The van der Waals surface area contributed by atoms with Crippen LogP contribution in [0.4, 0.5) is 17.3 Å². The first-order valence-electron chi connectivity index (χ1n) is 12.5. The summed E-state index contributed by atoms with van der Waals surface area (Å²) in [4.78, 5) is 17.7. The molecule has 5 rings (SSSR count). The number of aliphatic imine (C=N–C) groups is 1. The van der Waals surface area contributed by atoms with Crippen molar-refractivity contribution in [2.75, 3.05) is 45.4 Å². The van der Waals surface area contributed by atoms with E-state index in [9.17, 15) is 15.4 Å². The van der Waals surface area contributed by atoms with Crippen LogP contribution in [0.2, 0.25) is 0 Å². The first-order valence-corrected chi connectivity index (χ1v) is 12.5. The monoisotopic (exact) mass is 538 g/mol. The number of hydrogen-bond donors (Lipinski definition) is 0. The number of benzene rings is 3. The average molecular weight is 539 g/mol. The molecule has 2 heterocycles. The topological polar surface area (TPSA) is 123 Å². The molecule has 3 aromatic carbocycles. The Labute approximate surface area is 230 Å². The predicted molar refractivity (Wildman–Crippen MR) is 151 cm³/mol. The van der Waals surface area contributed by atoms with Crippen LogP contribution in [0.1, 0.15) is 11.1 Å². The Morgan fingerprint density at radius 2 is 1.60 bits per heavy atom. The van der Waals surface area contributed by atoms with Crippen molar-refractivity contribution in [3.63, 3.8) is 0 Å². The highest BCUT2D eigenvalue weighted by molar-refractivity contribution is 5.93. The third-order valence-corrected chi connectivity index (χ3v) is 6.63. The zero-order chi connectivity index (χ0) is 28.1. The minimum atomic E-state index is -0.447. The summed E-state index contributed by atoms with van der Waals surface area (Å²) in [7, 11) is 3.17. The molecule has 40 heavy (non-hydrogen) atoms. The lowest BCUT2D eigenvalue weighted by Gasteiger charge is -2.29. The van der Waals surface area contributed by atoms with E-state index in [0.717, 1.165) is 16.8 Å². The van der Waals surface area contributed by atoms with Crippen molar-refractivity contribution in [1.82, 2.24) is 0 Å². The first kappa shape index (κ1) is 26.5. The van der Waals surface area contributed by atoms with Crippen molar-refractivity contribution >= 4 is 23.5 Å². The molecule has 0 bridgehead atoms. The van der Waals surface area contributed by atoms with E-state index in [4.69, 9.17) is 18.6 Å². The fourth-order valence-corrected chi connectivity index (χ4v) is 4.57. The van der Waals surface area contributed by atoms with Crippen molar-refractivity contribution in [2.45, 2.75) is 0 Å². The number of methoxy groups -OCH3 is 2. The fourth-order valence-electron chi connectivity index (χ4n) is 4.57. The Kier molecular flexibility index (Phi) is 7.75. The van der Waals surface area contributed by atoms with Gasteiger partial charge in [-0.2, -0.15) is 5.26 Å². The zero-order valence-electron chi connectivity index (χ0n) is 22.0. The van der Waals surface area contributed by atoms with Gasteiger partial charge in [-0.25, -0.2) is 4.99 Å². The maximum Gasteiger partial charge on any atom is 0.270 e. The standard InChI is InChI=1S/C30H26N4O6/c1-37-24-8-3-20(4-9-24)28-26(18-31)30(40-29(28)21-5-10-25(38-2)11-6-21)32-19-22-17-23(34(35)36)7-12-27(22)33-13-15-39-16-14-33/h3-12,17,19H,13-16H2,1-2H3. The molecule has 0 radical (unpaired) electrons. The second kappa shape index (κ2) is 11.7. The van der Waals surface area contributed by atoms with Gasteiger partial charge in [-0.1, -0.05) is 12.1 Å². The molecule has 0 spiro atoms. The summed E-state index contributed by atoms with van der Waals surface area (Å²) in [5.41, 5.74) is 3.56. The van der Waals surface area contributed by atoms with Crippen LogP contribution in [-0.2, 0) is 4.74 Å². The number of furan rings is 1. The third-order valence-electron chi connectivity index (χ3n) is 6.63. The summed E-state index contributed by atoms with van der Waals surface area (Å²) in [6.45, 7) is 2.40. The molecule has 1 saturated heterocycles. The largest absolute Gasteiger partial charge is 0.497 e. The summed E-state index contributed by atoms with van der Waals surface area (Å²) < 4.78 is 22.3. The van der Waals surface area contributed by atoms with Gasteiger partial charge in [-0.05, 0) is 48.0 Å². The molecule has 0 N–H and O–H groups in total. The van der Waals surface area contributed by atoms with E-state index in [2.05, 4.69) is 16.0 Å². The zero-order valence-corrected chi connectivity index (χ0v) is 22.0. The molecule has 10 heteroatoms. The molecular formula is C30H26N4O6. The lowest BCUT2D eigenvalue weighted by atomic mass is 9.98. The normalized spacial score (nSPS) is 13.3. The molecule has 1 aromatic heterocycles. The summed E-state index contributed by atoms with van der Waals surface area (Å²) in [5, 5.41) is 21.8. The minimum absolute atomic E-state index is 0.0590. The van der Waals surface area contributed by atoms with E-state index in [1.54, 1.807) is 20.3 Å². The molecule has 4 aromatic rings. The number of non-ortho nitro benzene ring substituents is 1. The van der Waals surface area contributed by atoms with Crippen LogP contribution in [0.25, 0.3) is 22.5 Å². The number of ether oxygens (including phenoxy) is 3. The molecule has 0 aliphatic carbocycles. The van der Waals surface area contributed by atoms with E-state index in [0.29, 0.717) is 54.7 Å². The molecule has 0 amide bonds. The predicted octanol–water partition coefficient (Wildman–Crippen LogP) is 6.00. The van der Waals surface area contributed by atoms with E-state index >= 15 is 0 Å². The van der Waals surface area contributed by atoms with Gasteiger partial charge in [-0.3, -0.25) is 10.1 Å². The number of morpholine rings is 1. The minimum Gasteiger partial charge on any atom is -0.497 e. The van der Waals surface area contributed by atoms with Gasteiger partial charge in [0.1, 0.15) is 28.9 Å². The summed E-state index contributed by atoms with van der Waals surface area (Å²) in [6, 6.07) is 21.5. The maximum absolute atomic E-state index is 11.5. The van der Waals surface area contributed by atoms with E-state index in [1.165, 1.54) is 18.3 Å². The molecule has 1 fully saturated rings. The number of nitrogens with zero attached hydrogens (tertiary/aromatic N) is 4. The molecule has 0 saturated carbocycles. The third kappa shape index (κ3) is 5.36. The second-order valence-electron chi connectivity index (χ2n) is 8.91. The van der Waals surface area contributed by atoms with Gasteiger partial charge in [0.2, 0.25) is 5.88 Å². The Bertz CT molecular complexity index is 1580. The van der Waals surface area contributed by atoms with Gasteiger partial charge in [0.05, 0.1) is 32.4 Å². The Morgan fingerprint density at radius 3 is 2.17 bits per heavy atom. The SMILES string of the molecule is COc1ccc(-c2oc(N=Cc3cc([N+](=O)[O-])ccc3N3CCOCC3)c(C#N)c2-c2ccc(OC)cc2)cc1. The van der Waals surface area contributed by atoms with Crippen LogP contribution in [0.15, 0.2) is 76.1 Å². The van der Waals surface area contributed by atoms with Crippen molar-refractivity contribution in [2.24, 2.45) is 4.99 Å². The highest BCUT2D eigenvalue weighted by Crippen LogP contribution is 2.43. The van der Waals surface area contributed by atoms with Gasteiger partial charge in [0.25, 0.3) is 5.69 Å². The number of hydrogen-bond acceptors (Lipinski definition) is 9. The second-order valence-corrected chi connectivity index (χ2v) is 8.91. The van der Waals surface area contributed by atoms with Gasteiger partial charge < -0.3 is 23.5 Å². The molecule has 202 valence electrons. The highest BCUT2D eigenvalue weighted by Gasteiger charge is 2.24. The summed E-state index contributed by atoms with van der Waals surface area (Å²) in [6.07, 6.45) is 1.51. The Hall–Kier alpha value is -5.14. The van der Waals surface area contributed by atoms with E-state index < -0.39 is 4.92 Å². The van der Waals surface area contributed by atoms with Crippen LogP contribution < -0.4 is 14.4 Å². The molecular weight excluding hydrogens is 512 g/mol. The number of anilines is 1. The van der Waals surface area contributed by atoms with Crippen LogP contribution in [0.5, 0.6) is 11.5 Å². The van der Waals surface area contributed by atoms with Gasteiger partial charge >= 0.3 is 0 Å². The fraction of sp³-hybridized carbons (Fsp3) is 0.200. The van der Waals surface area contributed by atoms with Gasteiger partial charge in [0, 0.05) is 53.8 Å². The Balaban J connectivity index is 1.64. The van der Waals surface area contributed by atoms with E-state index in [1.807, 2.05) is 48.5 Å². The Morgan fingerprint density at radius 1 is 0.975 bits per heavy atom. The maximum atomic E-state index is 11.5. The van der Waals surface area contributed by atoms with Crippen LogP contribution >= 0.6 is 0 Å². The first-order chi connectivity index (χ1) is 19.5. The van der Waals surface area contributed by atoms with Crippen LogP contribution in [0, 0.1) is 21.4 Å². The number of rotatable bonds is 8. The lowest BCUT2D eigenvalue weighted by Crippen LogP contribution is -2.36. The van der Waals surface area contributed by atoms with E-state index in [-0.39, 0.29) is 17.1 Å². The highest BCUT2D eigenvalue weighted by atomic mass is 16.6. The molecule has 10 nitrogen and oxygen atoms in total. The molecule has 0 atom stereocenters. The number of nitriles is 1. The quantitative estimate of drug-likeness (QED) is 0.152. The van der Waals surface area contributed by atoms with Crippen molar-refractivity contribution in [3.8, 4) is 40.0 Å². The van der Waals surface area contributed by atoms with Crippen LogP contribution in [0.3, 0.4) is 0 Å². The number of nitro groups is 1. The van der Waals surface area contributed by atoms with Crippen molar-refractivity contribution < 1.29 is 23.6 Å².